The molecule has 6 heteroatoms. The smallest absolute Gasteiger partial charge is 0.317 e. The van der Waals surface area contributed by atoms with Crippen LogP contribution in [0.5, 0.6) is 0 Å². The fraction of sp³-hybridized carbons (Fsp3) is 0.714. The fourth-order valence-electron chi connectivity index (χ4n) is 3.16. The SMILES string of the molecule is O=C(NCCCn1ccnc1)N1CCO[C@@H]2CCC[C@@H]21. The van der Waals surface area contributed by atoms with Crippen LogP contribution >= 0.6 is 0 Å². The lowest BCUT2D eigenvalue weighted by Crippen LogP contribution is -2.54. The normalized spacial score (nSPS) is 25.5. The largest absolute Gasteiger partial charge is 0.374 e. The number of nitrogens with one attached hydrogen (secondary N) is 1. The number of urea groups is 1. The molecular formula is C14H22N4O2. The number of amides is 2. The van der Waals surface area contributed by atoms with E-state index in [4.69, 9.17) is 4.74 Å². The van der Waals surface area contributed by atoms with Gasteiger partial charge in [-0.05, 0) is 25.7 Å². The van der Waals surface area contributed by atoms with Crippen molar-refractivity contribution in [3.05, 3.63) is 18.7 Å². The van der Waals surface area contributed by atoms with E-state index in [1.54, 1.807) is 12.5 Å². The van der Waals surface area contributed by atoms with E-state index in [2.05, 4.69) is 10.3 Å². The van der Waals surface area contributed by atoms with Crippen molar-refractivity contribution >= 4 is 6.03 Å². The number of aryl methyl sites for hydroxylation is 1. The van der Waals surface area contributed by atoms with Crippen LogP contribution < -0.4 is 5.32 Å². The lowest BCUT2D eigenvalue weighted by molar-refractivity contribution is -0.0382. The zero-order valence-electron chi connectivity index (χ0n) is 11.7. The maximum Gasteiger partial charge on any atom is 0.317 e. The molecule has 1 aromatic rings. The average molecular weight is 278 g/mol. The van der Waals surface area contributed by atoms with Crippen molar-refractivity contribution in [2.45, 2.75) is 44.4 Å². The number of aromatic nitrogens is 2. The number of carbonyl (C=O) groups is 1. The molecule has 2 atom stereocenters. The molecule has 2 heterocycles. The highest BCUT2D eigenvalue weighted by Crippen LogP contribution is 2.29. The first kappa shape index (κ1) is 13.4. The third-order valence-electron chi connectivity index (χ3n) is 4.17. The summed E-state index contributed by atoms with van der Waals surface area (Å²) < 4.78 is 7.75. The molecule has 1 saturated heterocycles. The molecule has 110 valence electrons. The van der Waals surface area contributed by atoms with E-state index in [1.165, 1.54) is 6.42 Å². The molecule has 2 aliphatic rings. The van der Waals surface area contributed by atoms with E-state index < -0.39 is 0 Å². The predicted octanol–water partition coefficient (Wildman–Crippen LogP) is 1.24. The molecule has 20 heavy (non-hydrogen) atoms. The Bertz CT molecular complexity index is 434. The van der Waals surface area contributed by atoms with Crippen LogP contribution in [-0.4, -0.2) is 52.3 Å². The first-order chi connectivity index (χ1) is 9.84. The maximum absolute atomic E-state index is 12.2. The van der Waals surface area contributed by atoms with Crippen LogP contribution in [0.1, 0.15) is 25.7 Å². The number of hydrogen-bond acceptors (Lipinski definition) is 3. The Morgan fingerprint density at radius 2 is 2.40 bits per heavy atom. The van der Waals surface area contributed by atoms with Crippen LogP contribution in [0.3, 0.4) is 0 Å². The quantitative estimate of drug-likeness (QED) is 0.843. The second kappa shape index (κ2) is 6.26. The number of fused-ring (bicyclic) bond motifs is 1. The minimum Gasteiger partial charge on any atom is -0.374 e. The van der Waals surface area contributed by atoms with E-state index in [9.17, 15) is 4.79 Å². The second-order valence-corrected chi connectivity index (χ2v) is 5.49. The molecule has 0 unspecified atom stereocenters. The summed E-state index contributed by atoms with van der Waals surface area (Å²) in [7, 11) is 0. The van der Waals surface area contributed by atoms with E-state index in [1.807, 2.05) is 15.7 Å². The van der Waals surface area contributed by atoms with Gasteiger partial charge in [-0.25, -0.2) is 9.78 Å². The molecule has 1 N–H and O–H groups in total. The van der Waals surface area contributed by atoms with Gasteiger partial charge in [0.05, 0.1) is 25.1 Å². The summed E-state index contributed by atoms with van der Waals surface area (Å²) in [6.07, 6.45) is 10.0. The highest BCUT2D eigenvalue weighted by Gasteiger charge is 2.38. The first-order valence-electron chi connectivity index (χ1n) is 7.46. The van der Waals surface area contributed by atoms with Gasteiger partial charge in [-0.2, -0.15) is 0 Å². The molecular weight excluding hydrogens is 256 g/mol. The number of ether oxygens (including phenoxy) is 1. The molecule has 6 nitrogen and oxygen atoms in total. The van der Waals surface area contributed by atoms with Gasteiger partial charge in [-0.3, -0.25) is 0 Å². The monoisotopic (exact) mass is 278 g/mol. The van der Waals surface area contributed by atoms with Crippen molar-refractivity contribution in [3.63, 3.8) is 0 Å². The zero-order valence-corrected chi connectivity index (χ0v) is 11.7. The van der Waals surface area contributed by atoms with Crippen LogP contribution in [0.15, 0.2) is 18.7 Å². The van der Waals surface area contributed by atoms with Gasteiger partial charge in [0.2, 0.25) is 0 Å². The third-order valence-corrected chi connectivity index (χ3v) is 4.17. The van der Waals surface area contributed by atoms with Crippen molar-refractivity contribution in [1.29, 1.82) is 0 Å². The van der Waals surface area contributed by atoms with Gasteiger partial charge < -0.3 is 19.5 Å². The standard InChI is InChI=1S/C14H22N4O2/c19-14(16-5-2-7-17-8-6-15-11-17)18-9-10-20-13-4-1-3-12(13)18/h6,8,11-13H,1-5,7,9-10H2,(H,16,19)/t12-,13+/m0/s1. The van der Waals surface area contributed by atoms with Crippen LogP contribution in [0.2, 0.25) is 0 Å². The molecule has 1 aliphatic carbocycles. The lowest BCUT2D eigenvalue weighted by atomic mass is 10.1. The van der Waals surface area contributed by atoms with Gasteiger partial charge in [0.15, 0.2) is 0 Å². The lowest BCUT2D eigenvalue weighted by Gasteiger charge is -2.37. The van der Waals surface area contributed by atoms with Gasteiger partial charge in [-0.15, -0.1) is 0 Å². The number of rotatable bonds is 4. The molecule has 1 saturated carbocycles. The average Bonchev–Trinajstić information content (AvgIpc) is 3.13. The molecule has 3 rings (SSSR count). The van der Waals surface area contributed by atoms with Crippen molar-refractivity contribution in [2.75, 3.05) is 19.7 Å². The molecule has 2 amide bonds. The Morgan fingerprint density at radius 1 is 1.45 bits per heavy atom. The number of hydrogen-bond donors (Lipinski definition) is 1. The minimum absolute atomic E-state index is 0.0656. The summed E-state index contributed by atoms with van der Waals surface area (Å²) in [5, 5.41) is 3.03. The van der Waals surface area contributed by atoms with E-state index in [0.717, 1.165) is 25.8 Å². The molecule has 1 aliphatic heterocycles. The van der Waals surface area contributed by atoms with Crippen LogP contribution in [0, 0.1) is 0 Å². The summed E-state index contributed by atoms with van der Waals surface area (Å²) in [5.74, 6) is 0. The number of morpholine rings is 1. The van der Waals surface area contributed by atoms with Crippen LogP contribution in [0.25, 0.3) is 0 Å². The van der Waals surface area contributed by atoms with Gasteiger partial charge in [0, 0.05) is 32.0 Å². The number of carbonyl (C=O) groups excluding carboxylic acids is 1. The third kappa shape index (κ3) is 2.95. The maximum atomic E-state index is 12.2. The van der Waals surface area contributed by atoms with E-state index in [0.29, 0.717) is 19.7 Å². The summed E-state index contributed by atoms with van der Waals surface area (Å²) in [4.78, 5) is 18.2. The first-order valence-corrected chi connectivity index (χ1v) is 7.46. The van der Waals surface area contributed by atoms with E-state index in [-0.39, 0.29) is 18.2 Å². The predicted molar refractivity (Wildman–Crippen MR) is 74.3 cm³/mol. The fourth-order valence-corrected chi connectivity index (χ4v) is 3.16. The Kier molecular flexibility index (Phi) is 4.20. The van der Waals surface area contributed by atoms with Gasteiger partial charge >= 0.3 is 6.03 Å². The van der Waals surface area contributed by atoms with Crippen LogP contribution in [-0.2, 0) is 11.3 Å². The minimum atomic E-state index is 0.0656. The molecule has 0 spiro atoms. The topological polar surface area (TPSA) is 59.4 Å². The Labute approximate surface area is 119 Å². The molecule has 1 aromatic heterocycles. The summed E-state index contributed by atoms with van der Waals surface area (Å²) >= 11 is 0. The summed E-state index contributed by atoms with van der Waals surface area (Å²) in [6, 6.07) is 0.355. The van der Waals surface area contributed by atoms with E-state index >= 15 is 0 Å². The molecule has 0 aromatic carbocycles. The number of imidazole rings is 1. The van der Waals surface area contributed by atoms with Crippen LogP contribution in [0.4, 0.5) is 4.79 Å². The summed E-state index contributed by atoms with van der Waals surface area (Å²) in [6.45, 7) is 2.97. The highest BCUT2D eigenvalue weighted by atomic mass is 16.5. The zero-order chi connectivity index (χ0) is 13.8. The van der Waals surface area contributed by atoms with Gasteiger partial charge in [0.25, 0.3) is 0 Å². The Morgan fingerprint density at radius 3 is 3.25 bits per heavy atom. The summed E-state index contributed by atoms with van der Waals surface area (Å²) in [5.41, 5.74) is 0. The molecule has 2 fully saturated rings. The number of nitrogens with zero attached hydrogens (tertiary/aromatic N) is 3. The molecule has 0 bridgehead atoms. The van der Waals surface area contributed by atoms with Crippen molar-refractivity contribution in [3.8, 4) is 0 Å². The Balaban J connectivity index is 1.42. The van der Waals surface area contributed by atoms with Gasteiger partial charge in [0.1, 0.15) is 0 Å². The van der Waals surface area contributed by atoms with Gasteiger partial charge in [-0.1, -0.05) is 0 Å². The Hall–Kier alpha value is -1.56. The molecule has 0 radical (unpaired) electrons. The van der Waals surface area contributed by atoms with Crippen molar-refractivity contribution < 1.29 is 9.53 Å². The highest BCUT2D eigenvalue weighted by molar-refractivity contribution is 5.74. The van der Waals surface area contributed by atoms with Crippen molar-refractivity contribution in [1.82, 2.24) is 19.8 Å². The second-order valence-electron chi connectivity index (χ2n) is 5.49. The van der Waals surface area contributed by atoms with Crippen molar-refractivity contribution in [2.24, 2.45) is 0 Å².